The summed E-state index contributed by atoms with van der Waals surface area (Å²) in [6, 6.07) is 22.7. The largest absolute Gasteiger partial charge is 0.496 e. The molecule has 0 aliphatic heterocycles. The number of benzene rings is 3. The first-order valence-electron chi connectivity index (χ1n) is 13.0. The van der Waals surface area contributed by atoms with Crippen molar-refractivity contribution in [3.63, 3.8) is 0 Å². The van der Waals surface area contributed by atoms with Crippen LogP contribution >= 0.6 is 0 Å². The third kappa shape index (κ3) is 5.21. The maximum absolute atomic E-state index is 13.7. The minimum Gasteiger partial charge on any atom is -0.496 e. The molecule has 0 fully saturated rings. The fourth-order valence-electron chi connectivity index (χ4n) is 4.55. The number of para-hydroxylation sites is 1. The Labute approximate surface area is 227 Å². The van der Waals surface area contributed by atoms with Gasteiger partial charge in [0, 0.05) is 11.1 Å². The van der Waals surface area contributed by atoms with Crippen molar-refractivity contribution in [2.45, 2.75) is 33.6 Å². The molecule has 0 amide bonds. The van der Waals surface area contributed by atoms with Crippen molar-refractivity contribution in [1.82, 2.24) is 9.66 Å². The fourth-order valence-corrected chi connectivity index (χ4v) is 4.55. The van der Waals surface area contributed by atoms with E-state index in [1.54, 1.807) is 19.4 Å². The van der Waals surface area contributed by atoms with Gasteiger partial charge in [-0.15, -0.1) is 0 Å². The molecule has 7 nitrogen and oxygen atoms in total. The molecule has 7 heteroatoms. The van der Waals surface area contributed by atoms with Gasteiger partial charge in [-0.2, -0.15) is 9.78 Å². The van der Waals surface area contributed by atoms with E-state index in [9.17, 15) is 4.79 Å². The van der Waals surface area contributed by atoms with Crippen LogP contribution in [0.3, 0.4) is 0 Å². The number of rotatable bonds is 8. The molecule has 39 heavy (non-hydrogen) atoms. The van der Waals surface area contributed by atoms with Crippen molar-refractivity contribution in [3.05, 3.63) is 100 Å². The number of methoxy groups -OCH3 is 1. The monoisotopic (exact) mass is 521 g/mol. The zero-order chi connectivity index (χ0) is 27.5. The SMILES string of the molecule is CCOc1ccc(-c2ccc(C=Nn3c(-c4cc(C(C)C)c(OC)cc4C)nc4ccccc4c3=O)o2)cc1. The van der Waals surface area contributed by atoms with Gasteiger partial charge in [-0.3, -0.25) is 4.79 Å². The van der Waals surface area contributed by atoms with Crippen LogP contribution in [-0.4, -0.2) is 29.6 Å². The van der Waals surface area contributed by atoms with Crippen LogP contribution in [0.15, 0.2) is 87.1 Å². The molecule has 0 radical (unpaired) electrons. The van der Waals surface area contributed by atoms with E-state index >= 15 is 0 Å². The van der Waals surface area contributed by atoms with E-state index in [1.807, 2.05) is 80.6 Å². The van der Waals surface area contributed by atoms with Crippen molar-refractivity contribution >= 4 is 17.1 Å². The van der Waals surface area contributed by atoms with E-state index in [0.717, 1.165) is 33.8 Å². The predicted octanol–water partition coefficient (Wildman–Crippen LogP) is 7.04. The maximum Gasteiger partial charge on any atom is 0.282 e. The summed E-state index contributed by atoms with van der Waals surface area (Å²) < 4.78 is 18.5. The molecular weight excluding hydrogens is 490 g/mol. The van der Waals surface area contributed by atoms with E-state index in [0.29, 0.717) is 34.9 Å². The van der Waals surface area contributed by atoms with Gasteiger partial charge < -0.3 is 13.9 Å². The van der Waals surface area contributed by atoms with Crippen LogP contribution in [0, 0.1) is 6.92 Å². The summed E-state index contributed by atoms with van der Waals surface area (Å²) in [4.78, 5) is 18.5. The Hall–Kier alpha value is -4.65. The second-order valence-electron chi connectivity index (χ2n) is 9.54. The highest BCUT2D eigenvalue weighted by atomic mass is 16.5. The molecule has 0 saturated carbocycles. The van der Waals surface area contributed by atoms with Crippen LogP contribution < -0.4 is 15.0 Å². The number of furan rings is 1. The highest BCUT2D eigenvalue weighted by molar-refractivity contribution is 5.82. The lowest BCUT2D eigenvalue weighted by atomic mass is 9.96. The van der Waals surface area contributed by atoms with Crippen LogP contribution in [0.2, 0.25) is 0 Å². The van der Waals surface area contributed by atoms with Crippen molar-refractivity contribution in [3.8, 4) is 34.2 Å². The van der Waals surface area contributed by atoms with Gasteiger partial charge in [0.25, 0.3) is 5.56 Å². The lowest BCUT2D eigenvalue weighted by molar-refractivity contribution is 0.340. The number of hydrogen-bond acceptors (Lipinski definition) is 6. The van der Waals surface area contributed by atoms with E-state index in [4.69, 9.17) is 18.9 Å². The first-order valence-corrected chi connectivity index (χ1v) is 13.0. The molecule has 0 aliphatic rings. The fraction of sp³-hybridized carbons (Fsp3) is 0.219. The molecule has 0 atom stereocenters. The van der Waals surface area contributed by atoms with E-state index in [-0.39, 0.29) is 11.5 Å². The Morgan fingerprint density at radius 2 is 1.82 bits per heavy atom. The van der Waals surface area contributed by atoms with E-state index in [2.05, 4.69) is 18.9 Å². The topological polar surface area (TPSA) is 78.9 Å². The number of fused-ring (bicyclic) bond motifs is 1. The first kappa shape index (κ1) is 26.0. The molecule has 3 aromatic carbocycles. The molecule has 198 valence electrons. The molecule has 5 rings (SSSR count). The molecule has 0 spiro atoms. The molecule has 0 N–H and O–H groups in total. The lowest BCUT2D eigenvalue weighted by Crippen LogP contribution is -2.20. The molecule has 0 unspecified atom stereocenters. The van der Waals surface area contributed by atoms with Crippen LogP contribution in [0.4, 0.5) is 0 Å². The third-order valence-corrected chi connectivity index (χ3v) is 6.57. The number of aromatic nitrogens is 2. The van der Waals surface area contributed by atoms with Gasteiger partial charge in [-0.25, -0.2) is 4.98 Å². The molecule has 0 aliphatic carbocycles. The molecule has 2 heterocycles. The van der Waals surface area contributed by atoms with Crippen LogP contribution in [-0.2, 0) is 0 Å². The molecule has 2 aromatic heterocycles. The summed E-state index contributed by atoms with van der Waals surface area (Å²) in [6.45, 7) is 8.75. The van der Waals surface area contributed by atoms with Crippen molar-refractivity contribution in [2.24, 2.45) is 5.10 Å². The average molecular weight is 522 g/mol. The van der Waals surface area contributed by atoms with Crippen LogP contribution in [0.25, 0.3) is 33.6 Å². The Balaban J connectivity index is 1.60. The number of ether oxygens (including phenoxy) is 2. The molecule has 0 saturated heterocycles. The average Bonchev–Trinajstić information content (AvgIpc) is 3.42. The summed E-state index contributed by atoms with van der Waals surface area (Å²) in [6.07, 6.45) is 1.54. The van der Waals surface area contributed by atoms with E-state index < -0.39 is 0 Å². The van der Waals surface area contributed by atoms with Gasteiger partial charge in [0.05, 0.1) is 30.8 Å². The Bertz CT molecular complexity index is 1710. The first-order chi connectivity index (χ1) is 18.9. The highest BCUT2D eigenvalue weighted by Crippen LogP contribution is 2.34. The van der Waals surface area contributed by atoms with Gasteiger partial charge in [-0.05, 0) is 91.6 Å². The third-order valence-electron chi connectivity index (χ3n) is 6.57. The van der Waals surface area contributed by atoms with Gasteiger partial charge in [-0.1, -0.05) is 26.0 Å². The second-order valence-corrected chi connectivity index (χ2v) is 9.54. The smallest absolute Gasteiger partial charge is 0.282 e. The van der Waals surface area contributed by atoms with Crippen molar-refractivity contribution in [1.29, 1.82) is 0 Å². The predicted molar refractivity (Wildman–Crippen MR) is 155 cm³/mol. The standard InChI is InChI=1S/C32H31N3O4/c1-6-38-23-13-11-22(12-14-23)29-16-15-24(39-29)19-33-35-31(34-28-10-8-7-9-25(28)32(35)36)27-18-26(20(2)3)30(37-5)17-21(27)4/h7-20H,6H2,1-5H3. The van der Waals surface area contributed by atoms with Gasteiger partial charge >= 0.3 is 0 Å². The summed E-state index contributed by atoms with van der Waals surface area (Å²) in [5.41, 5.74) is 4.04. The van der Waals surface area contributed by atoms with Crippen molar-refractivity contribution < 1.29 is 13.9 Å². The van der Waals surface area contributed by atoms with E-state index in [1.165, 1.54) is 4.68 Å². The lowest BCUT2D eigenvalue weighted by Gasteiger charge is -2.17. The molecular formula is C32H31N3O4. The van der Waals surface area contributed by atoms with Crippen LogP contribution in [0.1, 0.15) is 43.6 Å². The summed E-state index contributed by atoms with van der Waals surface area (Å²) in [7, 11) is 1.67. The second kappa shape index (κ2) is 11.0. The zero-order valence-electron chi connectivity index (χ0n) is 22.8. The van der Waals surface area contributed by atoms with Gasteiger partial charge in [0.1, 0.15) is 23.0 Å². The Kier molecular flexibility index (Phi) is 7.32. The molecule has 0 bridgehead atoms. The van der Waals surface area contributed by atoms with Crippen molar-refractivity contribution in [2.75, 3.05) is 13.7 Å². The number of nitrogens with zero attached hydrogens (tertiary/aromatic N) is 3. The Morgan fingerprint density at radius 1 is 1.05 bits per heavy atom. The maximum atomic E-state index is 13.7. The minimum atomic E-state index is -0.258. The zero-order valence-corrected chi connectivity index (χ0v) is 22.8. The highest BCUT2D eigenvalue weighted by Gasteiger charge is 2.18. The molecule has 5 aromatic rings. The summed E-state index contributed by atoms with van der Waals surface area (Å²) >= 11 is 0. The van der Waals surface area contributed by atoms with Gasteiger partial charge in [0.2, 0.25) is 0 Å². The minimum absolute atomic E-state index is 0.215. The van der Waals surface area contributed by atoms with Crippen LogP contribution in [0.5, 0.6) is 11.5 Å². The number of aryl methyl sites for hydroxylation is 1. The quantitative estimate of drug-likeness (QED) is 0.205. The Morgan fingerprint density at radius 3 is 2.54 bits per heavy atom. The summed E-state index contributed by atoms with van der Waals surface area (Å²) in [5, 5.41) is 5.07. The summed E-state index contributed by atoms with van der Waals surface area (Å²) in [5.74, 6) is 3.49. The normalized spacial score (nSPS) is 11.5. The van der Waals surface area contributed by atoms with Gasteiger partial charge in [0.15, 0.2) is 5.82 Å². The number of hydrogen-bond donors (Lipinski definition) is 0.